The summed E-state index contributed by atoms with van der Waals surface area (Å²) < 4.78 is 5.94. The van der Waals surface area contributed by atoms with Crippen molar-refractivity contribution in [3.05, 3.63) is 96.3 Å². The first-order chi connectivity index (χ1) is 20.8. The number of anilines is 3. The third-order valence-corrected chi connectivity index (χ3v) is 6.95. The number of pyridine rings is 1. The summed E-state index contributed by atoms with van der Waals surface area (Å²) in [5.41, 5.74) is 4.91. The van der Waals surface area contributed by atoms with Crippen molar-refractivity contribution in [2.45, 2.75) is 13.0 Å². The highest BCUT2D eigenvalue weighted by molar-refractivity contribution is 6.06. The minimum atomic E-state index is -0.361. The SMILES string of the molecule is CC(=O)Nc1ccc2oc(-c3ccnc(C(=O)N(C)c4c[nH]cc4N(C)C(c4ccccc4)c4nnn(C)n4)c3)nc2c1. The van der Waals surface area contributed by atoms with Crippen LogP contribution in [-0.2, 0) is 11.8 Å². The number of hydrogen-bond acceptors (Lipinski definition) is 9. The van der Waals surface area contributed by atoms with E-state index < -0.39 is 0 Å². The van der Waals surface area contributed by atoms with Gasteiger partial charge in [0.2, 0.25) is 17.6 Å². The number of fused-ring (bicyclic) bond motifs is 1. The fourth-order valence-corrected chi connectivity index (χ4v) is 4.92. The van der Waals surface area contributed by atoms with E-state index in [0.717, 1.165) is 11.3 Å². The maximum Gasteiger partial charge on any atom is 0.276 e. The summed E-state index contributed by atoms with van der Waals surface area (Å²) in [6.07, 6.45) is 5.12. The molecule has 0 fully saturated rings. The fraction of sp³-hybridized carbons (Fsp3) is 0.167. The van der Waals surface area contributed by atoms with E-state index in [1.807, 2.05) is 48.5 Å². The number of H-pyrrole nitrogens is 1. The van der Waals surface area contributed by atoms with Crippen molar-refractivity contribution < 1.29 is 14.0 Å². The Labute approximate surface area is 246 Å². The van der Waals surface area contributed by atoms with Gasteiger partial charge in [0.25, 0.3) is 5.91 Å². The molecule has 4 heterocycles. The maximum atomic E-state index is 13.7. The Morgan fingerprint density at radius 2 is 1.81 bits per heavy atom. The van der Waals surface area contributed by atoms with Gasteiger partial charge >= 0.3 is 0 Å². The molecule has 0 aliphatic rings. The smallest absolute Gasteiger partial charge is 0.276 e. The first-order valence-corrected chi connectivity index (χ1v) is 13.4. The van der Waals surface area contributed by atoms with Gasteiger partial charge in [-0.3, -0.25) is 14.6 Å². The molecule has 6 rings (SSSR count). The minimum Gasteiger partial charge on any atom is -0.436 e. The summed E-state index contributed by atoms with van der Waals surface area (Å²) in [5.74, 6) is 0.351. The summed E-state index contributed by atoms with van der Waals surface area (Å²) in [6, 6.07) is 18.1. The second-order valence-electron chi connectivity index (χ2n) is 9.96. The highest BCUT2D eigenvalue weighted by Gasteiger charge is 2.28. The largest absolute Gasteiger partial charge is 0.436 e. The molecular weight excluding hydrogens is 548 g/mol. The lowest BCUT2D eigenvalue weighted by Gasteiger charge is -2.30. The summed E-state index contributed by atoms with van der Waals surface area (Å²) in [4.78, 5) is 42.2. The summed E-state index contributed by atoms with van der Waals surface area (Å²) in [7, 11) is 5.33. The number of hydrogen-bond donors (Lipinski definition) is 2. The molecule has 2 N–H and O–H groups in total. The van der Waals surface area contributed by atoms with Crippen LogP contribution in [0, 0.1) is 0 Å². The van der Waals surface area contributed by atoms with E-state index in [4.69, 9.17) is 4.42 Å². The van der Waals surface area contributed by atoms with Gasteiger partial charge in [0, 0.05) is 50.9 Å². The molecule has 2 aromatic carbocycles. The molecule has 0 aliphatic carbocycles. The highest BCUT2D eigenvalue weighted by atomic mass is 16.3. The lowest BCUT2D eigenvalue weighted by atomic mass is 10.0. The summed E-state index contributed by atoms with van der Waals surface area (Å²) in [6.45, 7) is 1.44. The van der Waals surface area contributed by atoms with Crippen LogP contribution in [0.5, 0.6) is 0 Å². The number of amides is 2. The average Bonchev–Trinajstić information content (AvgIpc) is 3.76. The van der Waals surface area contributed by atoms with Gasteiger partial charge < -0.3 is 24.5 Å². The van der Waals surface area contributed by atoms with E-state index in [9.17, 15) is 9.59 Å². The molecule has 4 aromatic heterocycles. The Bertz CT molecular complexity index is 1930. The Kier molecular flexibility index (Phi) is 7.12. The second kappa shape index (κ2) is 11.2. The molecule has 0 spiro atoms. The Morgan fingerprint density at radius 1 is 1.02 bits per heavy atom. The molecule has 2 amide bonds. The quantitative estimate of drug-likeness (QED) is 0.272. The van der Waals surface area contributed by atoms with Gasteiger partial charge in [0.1, 0.15) is 17.3 Å². The van der Waals surface area contributed by atoms with Gasteiger partial charge in [-0.15, -0.1) is 10.2 Å². The van der Waals surface area contributed by atoms with Crippen LogP contribution in [-0.4, -0.2) is 61.1 Å². The van der Waals surface area contributed by atoms with Crippen molar-refractivity contribution in [3.8, 4) is 11.5 Å². The van der Waals surface area contributed by atoms with Crippen molar-refractivity contribution in [1.82, 2.24) is 35.2 Å². The van der Waals surface area contributed by atoms with Gasteiger partial charge in [-0.2, -0.15) is 4.80 Å². The maximum absolute atomic E-state index is 13.7. The van der Waals surface area contributed by atoms with Gasteiger partial charge in [-0.25, -0.2) is 4.98 Å². The van der Waals surface area contributed by atoms with E-state index in [-0.39, 0.29) is 23.6 Å². The minimum absolute atomic E-state index is 0.178. The average molecular weight is 577 g/mol. The number of nitrogens with one attached hydrogen (secondary N) is 2. The third-order valence-electron chi connectivity index (χ3n) is 6.95. The number of carbonyl (C=O) groups is 2. The zero-order valence-electron chi connectivity index (χ0n) is 23.9. The molecule has 0 saturated carbocycles. The first kappa shape index (κ1) is 27.3. The number of aryl methyl sites for hydroxylation is 1. The van der Waals surface area contributed by atoms with Crippen molar-refractivity contribution in [3.63, 3.8) is 0 Å². The molecule has 216 valence electrons. The lowest BCUT2D eigenvalue weighted by molar-refractivity contribution is -0.114. The van der Waals surface area contributed by atoms with E-state index in [0.29, 0.717) is 39.8 Å². The highest BCUT2D eigenvalue weighted by Crippen LogP contribution is 2.36. The number of aromatic amines is 1. The van der Waals surface area contributed by atoms with Gasteiger partial charge in [-0.05, 0) is 41.1 Å². The Morgan fingerprint density at radius 3 is 2.56 bits per heavy atom. The number of rotatable bonds is 8. The topological polar surface area (TPSA) is 151 Å². The predicted octanol–water partition coefficient (Wildman–Crippen LogP) is 4.20. The lowest BCUT2D eigenvalue weighted by Crippen LogP contribution is -2.31. The third kappa shape index (κ3) is 5.43. The standard InChI is InChI=1S/C30H28N10O3/c1-18(41)33-21-10-11-26-22(15-21)34-29(43-26)20-12-13-32-23(14-20)30(42)39(3)25-17-31-16-24(25)38(2)27(19-8-6-5-7-9-19)28-35-37-40(4)36-28/h5-17,27,31H,1-4H3,(H,33,41). The molecule has 0 bridgehead atoms. The van der Waals surface area contributed by atoms with Gasteiger partial charge in [0.15, 0.2) is 5.58 Å². The monoisotopic (exact) mass is 576 g/mol. The van der Waals surface area contributed by atoms with Crippen molar-refractivity contribution in [1.29, 1.82) is 0 Å². The number of carbonyl (C=O) groups excluding carboxylic acids is 2. The Hall–Kier alpha value is -5.85. The number of aromatic nitrogens is 7. The van der Waals surface area contributed by atoms with E-state index in [1.54, 1.807) is 56.8 Å². The molecule has 0 aliphatic heterocycles. The fourth-order valence-electron chi connectivity index (χ4n) is 4.92. The molecule has 6 aromatic rings. The van der Waals surface area contributed by atoms with Crippen molar-refractivity contribution in [2.75, 3.05) is 29.2 Å². The molecular formula is C30H28N10O3. The van der Waals surface area contributed by atoms with E-state index in [1.165, 1.54) is 16.6 Å². The van der Waals surface area contributed by atoms with Crippen LogP contribution in [0.1, 0.15) is 34.8 Å². The van der Waals surface area contributed by atoms with E-state index in [2.05, 4.69) is 35.7 Å². The summed E-state index contributed by atoms with van der Waals surface area (Å²) in [5, 5.41) is 15.5. The number of oxazole rings is 1. The predicted molar refractivity (Wildman–Crippen MR) is 161 cm³/mol. The number of nitrogens with zero attached hydrogens (tertiary/aromatic N) is 8. The van der Waals surface area contributed by atoms with Crippen LogP contribution < -0.4 is 15.1 Å². The van der Waals surface area contributed by atoms with Crippen LogP contribution in [0.3, 0.4) is 0 Å². The van der Waals surface area contributed by atoms with Crippen LogP contribution >= 0.6 is 0 Å². The molecule has 0 radical (unpaired) electrons. The van der Waals surface area contributed by atoms with Gasteiger partial charge in [-0.1, -0.05) is 30.3 Å². The molecule has 1 unspecified atom stereocenters. The first-order valence-electron chi connectivity index (χ1n) is 13.4. The van der Waals surface area contributed by atoms with Crippen molar-refractivity contribution in [2.24, 2.45) is 7.05 Å². The Balaban J connectivity index is 1.29. The van der Waals surface area contributed by atoms with Crippen LogP contribution in [0.4, 0.5) is 17.1 Å². The normalized spacial score (nSPS) is 11.8. The molecule has 43 heavy (non-hydrogen) atoms. The van der Waals surface area contributed by atoms with E-state index >= 15 is 0 Å². The summed E-state index contributed by atoms with van der Waals surface area (Å²) >= 11 is 0. The zero-order valence-corrected chi connectivity index (χ0v) is 23.9. The second-order valence-corrected chi connectivity index (χ2v) is 9.96. The van der Waals surface area contributed by atoms with Gasteiger partial charge in [0.05, 0.1) is 18.4 Å². The number of benzene rings is 2. The molecule has 13 heteroatoms. The molecule has 1 atom stereocenters. The molecule has 13 nitrogen and oxygen atoms in total. The molecule has 0 saturated heterocycles. The van der Waals surface area contributed by atoms with Crippen LogP contribution in [0.2, 0.25) is 0 Å². The zero-order chi connectivity index (χ0) is 30.1. The van der Waals surface area contributed by atoms with Crippen LogP contribution in [0.15, 0.2) is 83.7 Å². The van der Waals surface area contributed by atoms with Crippen LogP contribution in [0.25, 0.3) is 22.6 Å². The number of tetrazole rings is 1. The van der Waals surface area contributed by atoms with Crippen molar-refractivity contribution >= 4 is 40.0 Å².